The highest BCUT2D eigenvalue weighted by atomic mass is 32.2. The summed E-state index contributed by atoms with van der Waals surface area (Å²) in [4.78, 5) is 25.6. The van der Waals surface area contributed by atoms with E-state index in [1.54, 1.807) is 0 Å². The molecule has 1 aliphatic rings. The van der Waals surface area contributed by atoms with E-state index in [-0.39, 0.29) is 4.90 Å². The molecule has 1 amide bonds. The van der Waals surface area contributed by atoms with E-state index in [2.05, 4.69) is 5.32 Å². The maximum Gasteiger partial charge on any atom is 0.350 e. The Bertz CT molecular complexity index is 1270. The number of methoxy groups -OCH3 is 1. The molecule has 0 saturated carbocycles. The lowest BCUT2D eigenvalue weighted by atomic mass is 10.0. The molecule has 1 aromatic heterocycles. The molecule has 32 heavy (non-hydrogen) atoms. The predicted molar refractivity (Wildman–Crippen MR) is 125 cm³/mol. The third-order valence-electron chi connectivity index (χ3n) is 5.58. The Balaban J connectivity index is 1.58. The lowest BCUT2D eigenvalue weighted by Crippen LogP contribution is -2.39. The molecule has 3 aromatic rings. The lowest BCUT2D eigenvalue weighted by Gasteiger charge is -2.30. The van der Waals surface area contributed by atoms with E-state index in [1.165, 1.54) is 47.0 Å². The standard InChI is InChI=1S/C23H24N2O5S2/c1-15-6-5-13-25(14-15)32(28,29)17-11-9-16(10-12-17)22(26)24-20-18-7-3-4-8-19(18)31-21(20)23(27)30-2/h3-4,7-12,15H,5-6,13-14H2,1-2H3,(H,24,26)/t15-/m0/s1. The number of carbonyl (C=O) groups excluding carboxylic acids is 2. The average Bonchev–Trinajstić information content (AvgIpc) is 3.17. The minimum Gasteiger partial charge on any atom is -0.465 e. The minimum atomic E-state index is -3.60. The summed E-state index contributed by atoms with van der Waals surface area (Å²) >= 11 is 1.24. The van der Waals surface area contributed by atoms with Crippen LogP contribution in [0.2, 0.25) is 0 Å². The Hall–Kier alpha value is -2.75. The second kappa shape index (κ2) is 9.01. The molecule has 0 spiro atoms. The molecule has 0 aliphatic carbocycles. The van der Waals surface area contributed by atoms with Gasteiger partial charge in [-0.1, -0.05) is 25.1 Å². The first kappa shape index (κ1) is 22.4. The van der Waals surface area contributed by atoms with Gasteiger partial charge < -0.3 is 10.1 Å². The van der Waals surface area contributed by atoms with Gasteiger partial charge in [-0.25, -0.2) is 13.2 Å². The number of nitrogens with one attached hydrogen (secondary N) is 1. The van der Waals surface area contributed by atoms with Gasteiger partial charge in [-0.15, -0.1) is 11.3 Å². The number of amides is 1. The molecule has 1 atom stereocenters. The van der Waals surface area contributed by atoms with Gasteiger partial charge in [0.25, 0.3) is 5.91 Å². The topological polar surface area (TPSA) is 92.8 Å². The predicted octanol–water partition coefficient (Wildman–Crippen LogP) is 4.36. The number of fused-ring (bicyclic) bond motifs is 1. The second-order valence-electron chi connectivity index (χ2n) is 7.88. The zero-order valence-corrected chi connectivity index (χ0v) is 19.5. The highest BCUT2D eigenvalue weighted by Gasteiger charge is 2.29. The molecule has 9 heteroatoms. The molecule has 1 fully saturated rings. The van der Waals surface area contributed by atoms with E-state index >= 15 is 0 Å². The molecule has 1 N–H and O–H groups in total. The Morgan fingerprint density at radius 3 is 2.53 bits per heavy atom. The number of rotatable bonds is 5. The van der Waals surface area contributed by atoms with Crippen molar-refractivity contribution in [2.45, 2.75) is 24.7 Å². The van der Waals surface area contributed by atoms with Gasteiger partial charge in [0.15, 0.2) is 0 Å². The summed E-state index contributed by atoms with van der Waals surface area (Å²) in [5.41, 5.74) is 0.684. The molecule has 1 saturated heterocycles. The maximum atomic E-state index is 12.9. The van der Waals surface area contributed by atoms with Crippen LogP contribution >= 0.6 is 11.3 Å². The summed E-state index contributed by atoms with van der Waals surface area (Å²) in [5.74, 6) is -0.638. The van der Waals surface area contributed by atoms with Crippen LogP contribution in [0.3, 0.4) is 0 Å². The summed E-state index contributed by atoms with van der Waals surface area (Å²) in [7, 11) is -2.30. The van der Waals surface area contributed by atoms with E-state index < -0.39 is 21.9 Å². The van der Waals surface area contributed by atoms with Gasteiger partial charge in [0.05, 0.1) is 17.7 Å². The molecule has 2 aromatic carbocycles. The van der Waals surface area contributed by atoms with Crippen molar-refractivity contribution in [1.29, 1.82) is 0 Å². The van der Waals surface area contributed by atoms with E-state index in [1.807, 2.05) is 31.2 Å². The first-order chi connectivity index (χ1) is 15.3. The van der Waals surface area contributed by atoms with Crippen molar-refractivity contribution in [2.75, 3.05) is 25.5 Å². The highest BCUT2D eigenvalue weighted by Crippen LogP contribution is 2.36. The molecule has 4 rings (SSSR count). The molecular formula is C23H24N2O5S2. The van der Waals surface area contributed by atoms with Crippen molar-refractivity contribution in [3.05, 3.63) is 59.0 Å². The van der Waals surface area contributed by atoms with Crippen LogP contribution in [0.15, 0.2) is 53.4 Å². The maximum absolute atomic E-state index is 12.9. The van der Waals surface area contributed by atoms with Crippen LogP contribution < -0.4 is 5.32 Å². The molecule has 1 aliphatic heterocycles. The van der Waals surface area contributed by atoms with Crippen molar-refractivity contribution in [1.82, 2.24) is 4.31 Å². The third-order valence-corrected chi connectivity index (χ3v) is 8.61. The van der Waals surface area contributed by atoms with E-state index in [9.17, 15) is 18.0 Å². The quantitative estimate of drug-likeness (QED) is 0.557. The molecular weight excluding hydrogens is 448 g/mol. The van der Waals surface area contributed by atoms with Crippen LogP contribution in [0.25, 0.3) is 10.1 Å². The number of sulfonamides is 1. The number of piperidine rings is 1. The molecule has 168 valence electrons. The van der Waals surface area contributed by atoms with E-state index in [4.69, 9.17) is 4.74 Å². The van der Waals surface area contributed by atoms with Crippen molar-refractivity contribution >= 4 is 49.0 Å². The van der Waals surface area contributed by atoms with Crippen molar-refractivity contribution < 1.29 is 22.7 Å². The highest BCUT2D eigenvalue weighted by molar-refractivity contribution is 7.89. The second-order valence-corrected chi connectivity index (χ2v) is 10.9. The lowest BCUT2D eigenvalue weighted by molar-refractivity contribution is 0.0607. The Morgan fingerprint density at radius 2 is 1.84 bits per heavy atom. The summed E-state index contributed by atoms with van der Waals surface area (Å²) in [6.45, 7) is 3.06. The van der Waals surface area contributed by atoms with Gasteiger partial charge in [-0.2, -0.15) is 4.31 Å². The third kappa shape index (κ3) is 4.28. The smallest absolute Gasteiger partial charge is 0.350 e. The molecule has 7 nitrogen and oxygen atoms in total. The first-order valence-corrected chi connectivity index (χ1v) is 12.6. The number of benzene rings is 2. The number of hydrogen-bond acceptors (Lipinski definition) is 6. The number of thiophene rings is 1. The van der Waals surface area contributed by atoms with Crippen LogP contribution in [-0.4, -0.2) is 44.8 Å². The number of hydrogen-bond donors (Lipinski definition) is 1. The molecule has 2 heterocycles. The number of carbonyl (C=O) groups is 2. The Kier molecular flexibility index (Phi) is 6.32. The monoisotopic (exact) mass is 472 g/mol. The zero-order chi connectivity index (χ0) is 22.9. The van der Waals surface area contributed by atoms with E-state index in [0.717, 1.165) is 22.9 Å². The SMILES string of the molecule is COC(=O)c1sc2ccccc2c1NC(=O)c1ccc(S(=O)(=O)N2CCC[C@H](C)C2)cc1. The van der Waals surface area contributed by atoms with Gasteiger partial charge in [0.2, 0.25) is 10.0 Å². The van der Waals surface area contributed by atoms with E-state index in [0.29, 0.717) is 35.1 Å². The number of nitrogens with zero attached hydrogens (tertiary/aromatic N) is 1. The fourth-order valence-corrected chi connectivity index (χ4v) is 6.56. The molecule has 0 bridgehead atoms. The fraction of sp³-hybridized carbons (Fsp3) is 0.304. The minimum absolute atomic E-state index is 0.166. The van der Waals surface area contributed by atoms with Crippen molar-refractivity contribution in [3.63, 3.8) is 0 Å². The fourth-order valence-electron chi connectivity index (χ4n) is 3.88. The van der Waals surface area contributed by atoms with Crippen LogP contribution in [0.5, 0.6) is 0 Å². The summed E-state index contributed by atoms with van der Waals surface area (Å²) in [6, 6.07) is 13.3. The summed E-state index contributed by atoms with van der Waals surface area (Å²) in [6.07, 6.45) is 1.87. The summed E-state index contributed by atoms with van der Waals surface area (Å²) in [5, 5.41) is 3.54. The van der Waals surface area contributed by atoms with Gasteiger partial charge in [0, 0.05) is 28.7 Å². The Labute approximate surface area is 191 Å². The number of ether oxygens (including phenoxy) is 1. The van der Waals surface area contributed by atoms with Gasteiger partial charge in [0.1, 0.15) is 4.88 Å². The zero-order valence-electron chi connectivity index (χ0n) is 17.8. The molecule has 0 unspecified atom stereocenters. The van der Waals surface area contributed by atoms with Gasteiger partial charge in [-0.05, 0) is 49.1 Å². The van der Waals surface area contributed by atoms with Crippen LogP contribution in [0.1, 0.15) is 39.8 Å². The van der Waals surface area contributed by atoms with Crippen LogP contribution in [-0.2, 0) is 14.8 Å². The number of anilines is 1. The number of esters is 1. The van der Waals surface area contributed by atoms with Gasteiger partial charge in [-0.3, -0.25) is 4.79 Å². The van der Waals surface area contributed by atoms with Gasteiger partial charge >= 0.3 is 5.97 Å². The van der Waals surface area contributed by atoms with Crippen molar-refractivity contribution in [3.8, 4) is 0 Å². The van der Waals surface area contributed by atoms with Crippen LogP contribution in [0.4, 0.5) is 5.69 Å². The van der Waals surface area contributed by atoms with Crippen molar-refractivity contribution in [2.24, 2.45) is 5.92 Å². The first-order valence-electron chi connectivity index (χ1n) is 10.3. The summed E-state index contributed by atoms with van der Waals surface area (Å²) < 4.78 is 33.1. The normalized spacial score (nSPS) is 17.2. The van der Waals surface area contributed by atoms with Crippen LogP contribution in [0, 0.1) is 5.92 Å². The molecule has 0 radical (unpaired) electrons. The Morgan fingerprint density at radius 1 is 1.12 bits per heavy atom. The largest absolute Gasteiger partial charge is 0.465 e. The average molecular weight is 473 g/mol.